The lowest BCUT2D eigenvalue weighted by Gasteiger charge is -2.07. The lowest BCUT2D eigenvalue weighted by atomic mass is 10.2. The highest BCUT2D eigenvalue weighted by molar-refractivity contribution is 6.03. The summed E-state index contributed by atoms with van der Waals surface area (Å²) in [5.74, 6) is -0.556. The number of hydrogen-bond donors (Lipinski definition) is 2. The number of hydrogen-bond acceptors (Lipinski definition) is 4. The van der Waals surface area contributed by atoms with Crippen molar-refractivity contribution in [2.45, 2.75) is 0 Å². The molecule has 0 fully saturated rings. The highest BCUT2D eigenvalue weighted by Crippen LogP contribution is 2.16. The van der Waals surface area contributed by atoms with Gasteiger partial charge in [0, 0.05) is 11.3 Å². The van der Waals surface area contributed by atoms with E-state index in [9.17, 15) is 13.6 Å². The number of benzene rings is 2. The third-order valence-electron chi connectivity index (χ3n) is 3.11. The molecule has 0 spiro atoms. The quantitative estimate of drug-likeness (QED) is 0.766. The Morgan fingerprint density at radius 2 is 1.54 bits per heavy atom. The van der Waals surface area contributed by atoms with Gasteiger partial charge in [-0.3, -0.25) is 4.79 Å². The standard InChI is InChI=1S/C17H12F2N4O/c18-12-6-4-11(5-7-12)17(24)21-16-9-8-15(22-23-16)20-14-3-1-2-13(19)10-14/h1-10H,(H,20,22)(H,21,23,24). The van der Waals surface area contributed by atoms with E-state index >= 15 is 0 Å². The Morgan fingerprint density at radius 3 is 2.21 bits per heavy atom. The number of halogens is 2. The topological polar surface area (TPSA) is 66.9 Å². The number of carbonyl (C=O) groups is 1. The monoisotopic (exact) mass is 326 g/mol. The molecule has 0 bridgehead atoms. The van der Waals surface area contributed by atoms with Crippen molar-refractivity contribution in [2.24, 2.45) is 0 Å². The van der Waals surface area contributed by atoms with Crippen LogP contribution in [-0.4, -0.2) is 16.1 Å². The third-order valence-corrected chi connectivity index (χ3v) is 3.11. The van der Waals surface area contributed by atoms with Crippen LogP contribution in [0.5, 0.6) is 0 Å². The summed E-state index contributed by atoms with van der Waals surface area (Å²) in [5, 5.41) is 13.2. The van der Waals surface area contributed by atoms with E-state index in [0.717, 1.165) is 0 Å². The van der Waals surface area contributed by atoms with Crippen LogP contribution in [0.25, 0.3) is 0 Å². The number of aromatic nitrogens is 2. The number of rotatable bonds is 4. The summed E-state index contributed by atoms with van der Waals surface area (Å²) in [6.45, 7) is 0. The highest BCUT2D eigenvalue weighted by Gasteiger charge is 2.07. The van der Waals surface area contributed by atoms with Gasteiger partial charge in [-0.2, -0.15) is 0 Å². The minimum atomic E-state index is -0.421. The third kappa shape index (κ3) is 3.89. The molecule has 0 radical (unpaired) electrons. The summed E-state index contributed by atoms with van der Waals surface area (Å²) >= 11 is 0. The molecule has 0 unspecified atom stereocenters. The second-order valence-corrected chi connectivity index (χ2v) is 4.90. The van der Waals surface area contributed by atoms with Gasteiger partial charge in [0.15, 0.2) is 11.6 Å². The van der Waals surface area contributed by atoms with E-state index in [0.29, 0.717) is 17.1 Å². The van der Waals surface area contributed by atoms with E-state index in [4.69, 9.17) is 0 Å². The lowest BCUT2D eigenvalue weighted by molar-refractivity contribution is 0.102. The number of carbonyl (C=O) groups excluding carboxylic acids is 1. The van der Waals surface area contributed by atoms with Crippen molar-refractivity contribution >= 4 is 23.2 Å². The molecule has 1 aromatic heterocycles. The molecule has 0 saturated heterocycles. The van der Waals surface area contributed by atoms with Gasteiger partial charge in [-0.1, -0.05) is 6.07 Å². The predicted octanol–water partition coefficient (Wildman–Crippen LogP) is 3.75. The van der Waals surface area contributed by atoms with Crippen molar-refractivity contribution in [3.63, 3.8) is 0 Å². The average molecular weight is 326 g/mol. The second-order valence-electron chi connectivity index (χ2n) is 4.90. The van der Waals surface area contributed by atoms with E-state index in [1.54, 1.807) is 24.3 Å². The van der Waals surface area contributed by atoms with Crippen molar-refractivity contribution in [1.29, 1.82) is 0 Å². The van der Waals surface area contributed by atoms with Crippen LogP contribution in [0.4, 0.5) is 26.1 Å². The Labute approximate surface area is 136 Å². The molecule has 5 nitrogen and oxygen atoms in total. The Morgan fingerprint density at radius 1 is 0.833 bits per heavy atom. The first-order valence-corrected chi connectivity index (χ1v) is 7.03. The van der Waals surface area contributed by atoms with Gasteiger partial charge in [-0.05, 0) is 54.6 Å². The Hall–Kier alpha value is -3.35. The van der Waals surface area contributed by atoms with Crippen LogP contribution in [-0.2, 0) is 0 Å². The summed E-state index contributed by atoms with van der Waals surface area (Å²) in [7, 11) is 0. The van der Waals surface area contributed by atoms with Crippen molar-refractivity contribution in [3.8, 4) is 0 Å². The first-order valence-electron chi connectivity index (χ1n) is 7.03. The first kappa shape index (κ1) is 15.5. The molecule has 0 aliphatic rings. The van der Waals surface area contributed by atoms with Gasteiger partial charge in [0.05, 0.1) is 0 Å². The van der Waals surface area contributed by atoms with Crippen LogP contribution >= 0.6 is 0 Å². The largest absolute Gasteiger partial charge is 0.339 e. The SMILES string of the molecule is O=C(Nc1ccc(Nc2cccc(F)c2)nn1)c1ccc(F)cc1. The minimum absolute atomic E-state index is 0.245. The highest BCUT2D eigenvalue weighted by atomic mass is 19.1. The Kier molecular flexibility index (Phi) is 4.42. The molecule has 2 aromatic carbocycles. The van der Waals surface area contributed by atoms with Gasteiger partial charge >= 0.3 is 0 Å². The van der Waals surface area contributed by atoms with Crippen molar-refractivity contribution in [1.82, 2.24) is 10.2 Å². The average Bonchev–Trinajstić information content (AvgIpc) is 2.57. The van der Waals surface area contributed by atoms with Crippen LogP contribution < -0.4 is 10.6 Å². The molecule has 1 amide bonds. The van der Waals surface area contributed by atoms with E-state index < -0.39 is 11.7 Å². The van der Waals surface area contributed by atoms with Gasteiger partial charge in [0.25, 0.3) is 5.91 Å². The summed E-state index contributed by atoms with van der Waals surface area (Å²) in [6, 6.07) is 14.2. The van der Waals surface area contributed by atoms with Gasteiger partial charge < -0.3 is 10.6 Å². The van der Waals surface area contributed by atoms with Crippen LogP contribution in [0, 0.1) is 11.6 Å². The Bertz CT molecular complexity index is 851. The smallest absolute Gasteiger partial charge is 0.256 e. The fourth-order valence-corrected chi connectivity index (χ4v) is 1.97. The summed E-state index contributed by atoms with van der Waals surface area (Å²) < 4.78 is 26.0. The van der Waals surface area contributed by atoms with Crippen molar-refractivity contribution in [2.75, 3.05) is 10.6 Å². The molecule has 7 heteroatoms. The molecule has 3 rings (SSSR count). The maximum absolute atomic E-state index is 13.1. The van der Waals surface area contributed by atoms with E-state index in [2.05, 4.69) is 20.8 Å². The van der Waals surface area contributed by atoms with Gasteiger partial charge in [-0.15, -0.1) is 10.2 Å². The molecule has 120 valence electrons. The maximum Gasteiger partial charge on any atom is 0.256 e. The van der Waals surface area contributed by atoms with Crippen LogP contribution in [0.2, 0.25) is 0 Å². The molecule has 0 aliphatic heterocycles. The molecule has 3 aromatic rings. The van der Waals surface area contributed by atoms with E-state index in [1.807, 2.05) is 0 Å². The minimum Gasteiger partial charge on any atom is -0.339 e. The summed E-state index contributed by atoms with van der Waals surface area (Å²) in [5.41, 5.74) is 0.840. The zero-order valence-electron chi connectivity index (χ0n) is 12.3. The van der Waals surface area contributed by atoms with Gasteiger partial charge in [0.1, 0.15) is 11.6 Å². The molecule has 0 atom stereocenters. The van der Waals surface area contributed by atoms with E-state index in [1.165, 1.54) is 36.4 Å². The second kappa shape index (κ2) is 6.82. The maximum atomic E-state index is 13.1. The fourth-order valence-electron chi connectivity index (χ4n) is 1.97. The number of nitrogens with one attached hydrogen (secondary N) is 2. The predicted molar refractivity (Wildman–Crippen MR) is 86.1 cm³/mol. The number of anilines is 3. The number of nitrogens with zero attached hydrogens (tertiary/aromatic N) is 2. The van der Waals surface area contributed by atoms with Crippen molar-refractivity contribution < 1.29 is 13.6 Å². The van der Waals surface area contributed by atoms with Crippen molar-refractivity contribution in [3.05, 3.63) is 77.9 Å². The first-order chi connectivity index (χ1) is 11.6. The normalized spacial score (nSPS) is 10.2. The van der Waals surface area contributed by atoms with Crippen LogP contribution in [0.3, 0.4) is 0 Å². The zero-order chi connectivity index (χ0) is 16.9. The van der Waals surface area contributed by atoms with Gasteiger partial charge in [0.2, 0.25) is 0 Å². The number of amides is 1. The molecule has 2 N–H and O–H groups in total. The van der Waals surface area contributed by atoms with Gasteiger partial charge in [-0.25, -0.2) is 8.78 Å². The Balaban J connectivity index is 1.66. The van der Waals surface area contributed by atoms with Crippen LogP contribution in [0.15, 0.2) is 60.7 Å². The molecule has 24 heavy (non-hydrogen) atoms. The molecule has 0 saturated carbocycles. The zero-order valence-corrected chi connectivity index (χ0v) is 12.3. The van der Waals surface area contributed by atoms with Crippen LogP contribution in [0.1, 0.15) is 10.4 Å². The lowest BCUT2D eigenvalue weighted by Crippen LogP contribution is -2.13. The molecule has 0 aliphatic carbocycles. The molecular formula is C17H12F2N4O. The molecular weight excluding hydrogens is 314 g/mol. The summed E-state index contributed by atoms with van der Waals surface area (Å²) in [6.07, 6.45) is 0. The summed E-state index contributed by atoms with van der Waals surface area (Å²) in [4.78, 5) is 12.0. The fraction of sp³-hybridized carbons (Fsp3) is 0. The molecule has 1 heterocycles. The van der Waals surface area contributed by atoms with E-state index in [-0.39, 0.29) is 11.6 Å².